The Morgan fingerprint density at radius 1 is 1.26 bits per heavy atom. The minimum atomic E-state index is -0.102. The van der Waals surface area contributed by atoms with Crippen molar-refractivity contribution >= 4 is 33.4 Å². The summed E-state index contributed by atoms with van der Waals surface area (Å²) in [5.41, 5.74) is 6.97. The first-order chi connectivity index (χ1) is 9.08. The molecule has 0 saturated carbocycles. The van der Waals surface area contributed by atoms with Crippen LogP contribution in [0.2, 0.25) is 5.02 Å². The topological polar surface area (TPSA) is 59.1 Å². The van der Waals surface area contributed by atoms with Crippen molar-refractivity contribution in [2.45, 2.75) is 6.61 Å². The van der Waals surface area contributed by atoms with Crippen LogP contribution >= 0.6 is 27.5 Å². The van der Waals surface area contributed by atoms with Crippen LogP contribution in [0.25, 0.3) is 0 Å². The molecule has 0 aliphatic heterocycles. The van der Waals surface area contributed by atoms with Crippen LogP contribution in [-0.2, 0) is 6.61 Å². The zero-order chi connectivity index (χ0) is 13.8. The highest BCUT2D eigenvalue weighted by atomic mass is 79.9. The van der Waals surface area contributed by atoms with Crippen molar-refractivity contribution in [1.29, 1.82) is 5.41 Å². The Bertz CT molecular complexity index is 616. The average molecular weight is 340 g/mol. The number of benzene rings is 2. The molecule has 98 valence electrons. The first kappa shape index (κ1) is 13.9. The maximum atomic E-state index is 7.54. The van der Waals surface area contributed by atoms with Crippen molar-refractivity contribution in [1.82, 2.24) is 0 Å². The average Bonchev–Trinajstić information content (AvgIpc) is 2.36. The highest BCUT2D eigenvalue weighted by Gasteiger charge is 2.11. The van der Waals surface area contributed by atoms with Gasteiger partial charge in [0.25, 0.3) is 0 Å². The molecule has 0 aliphatic rings. The molecule has 0 bridgehead atoms. The first-order valence-electron chi connectivity index (χ1n) is 5.58. The van der Waals surface area contributed by atoms with Gasteiger partial charge in [-0.3, -0.25) is 5.41 Å². The fourth-order valence-electron chi connectivity index (χ4n) is 1.67. The lowest BCUT2D eigenvalue weighted by Crippen LogP contribution is -2.13. The normalized spacial score (nSPS) is 10.2. The summed E-state index contributed by atoms with van der Waals surface area (Å²) in [6.07, 6.45) is 0. The maximum absolute atomic E-state index is 7.54. The molecule has 2 rings (SSSR count). The van der Waals surface area contributed by atoms with Gasteiger partial charge in [-0.05, 0) is 29.8 Å². The van der Waals surface area contributed by atoms with Crippen LogP contribution in [0.15, 0.2) is 46.9 Å². The van der Waals surface area contributed by atoms with Crippen LogP contribution in [0.5, 0.6) is 5.75 Å². The van der Waals surface area contributed by atoms with Gasteiger partial charge in [0.05, 0.1) is 10.6 Å². The summed E-state index contributed by atoms with van der Waals surface area (Å²) in [5, 5.41) is 7.96. The van der Waals surface area contributed by atoms with E-state index in [1.807, 2.05) is 24.3 Å². The van der Waals surface area contributed by atoms with Gasteiger partial charge in [0.1, 0.15) is 18.2 Å². The van der Waals surface area contributed by atoms with Gasteiger partial charge in [-0.1, -0.05) is 45.7 Å². The van der Waals surface area contributed by atoms with Crippen LogP contribution in [0.4, 0.5) is 0 Å². The van der Waals surface area contributed by atoms with Crippen LogP contribution in [-0.4, -0.2) is 5.84 Å². The highest BCUT2D eigenvalue weighted by Crippen LogP contribution is 2.26. The third-order valence-electron chi connectivity index (χ3n) is 2.53. The second kappa shape index (κ2) is 6.08. The van der Waals surface area contributed by atoms with E-state index < -0.39 is 0 Å². The molecule has 0 fully saturated rings. The van der Waals surface area contributed by atoms with Crippen LogP contribution in [0.3, 0.4) is 0 Å². The summed E-state index contributed by atoms with van der Waals surface area (Å²) in [5.74, 6) is 0.412. The zero-order valence-electron chi connectivity index (χ0n) is 9.99. The van der Waals surface area contributed by atoms with Crippen LogP contribution in [0.1, 0.15) is 11.1 Å². The fraction of sp³-hybridized carbons (Fsp3) is 0.0714. The van der Waals surface area contributed by atoms with Gasteiger partial charge in [-0.25, -0.2) is 0 Å². The quantitative estimate of drug-likeness (QED) is 0.654. The van der Waals surface area contributed by atoms with Gasteiger partial charge in [0, 0.05) is 4.47 Å². The molecule has 19 heavy (non-hydrogen) atoms. The molecular weight excluding hydrogens is 328 g/mol. The number of rotatable bonds is 4. The van der Waals surface area contributed by atoms with Crippen molar-refractivity contribution in [3.8, 4) is 5.75 Å². The number of amidine groups is 1. The summed E-state index contributed by atoms with van der Waals surface area (Å²) >= 11 is 9.43. The molecule has 0 aromatic heterocycles. The van der Waals surface area contributed by atoms with Crippen molar-refractivity contribution in [3.63, 3.8) is 0 Å². The molecule has 5 heteroatoms. The van der Waals surface area contributed by atoms with Crippen LogP contribution < -0.4 is 10.5 Å². The summed E-state index contributed by atoms with van der Waals surface area (Å²) in [4.78, 5) is 0. The molecule has 0 heterocycles. The summed E-state index contributed by atoms with van der Waals surface area (Å²) in [6.45, 7) is 0.389. The lowest BCUT2D eigenvalue weighted by molar-refractivity contribution is 0.305. The molecular formula is C14H12BrClN2O. The predicted octanol–water partition coefficient (Wildman–Crippen LogP) is 3.97. The van der Waals surface area contributed by atoms with Crippen molar-refractivity contribution in [3.05, 3.63) is 63.1 Å². The predicted molar refractivity (Wildman–Crippen MR) is 80.9 cm³/mol. The van der Waals surface area contributed by atoms with Crippen molar-refractivity contribution < 1.29 is 4.74 Å². The molecule has 0 unspecified atom stereocenters. The number of nitrogens with two attached hydrogens (primary N) is 1. The lowest BCUT2D eigenvalue weighted by Gasteiger charge is -2.12. The van der Waals surface area contributed by atoms with Gasteiger partial charge in [0.15, 0.2) is 0 Å². The van der Waals surface area contributed by atoms with E-state index >= 15 is 0 Å². The number of nitrogens with one attached hydrogen (secondary N) is 1. The summed E-state index contributed by atoms with van der Waals surface area (Å²) < 4.78 is 6.69. The molecule has 0 spiro atoms. The number of halogens is 2. The van der Waals surface area contributed by atoms with E-state index in [0.717, 1.165) is 10.0 Å². The van der Waals surface area contributed by atoms with E-state index in [4.69, 9.17) is 27.5 Å². The molecule has 0 atom stereocenters. The van der Waals surface area contributed by atoms with Gasteiger partial charge in [-0.2, -0.15) is 0 Å². The Balaban J connectivity index is 2.20. The van der Waals surface area contributed by atoms with Gasteiger partial charge in [0.2, 0.25) is 0 Å². The molecule has 0 aliphatic carbocycles. The molecule has 2 aromatic carbocycles. The molecule has 3 N–H and O–H groups in total. The minimum Gasteiger partial charge on any atom is -0.488 e. The Labute approximate surface area is 125 Å². The maximum Gasteiger partial charge on any atom is 0.132 e. The molecule has 0 radical (unpaired) electrons. The Morgan fingerprint density at radius 2 is 2.00 bits per heavy atom. The van der Waals surface area contributed by atoms with Crippen molar-refractivity contribution in [2.24, 2.45) is 5.73 Å². The fourth-order valence-corrected chi connectivity index (χ4v) is 2.39. The third-order valence-corrected chi connectivity index (χ3v) is 3.34. The monoisotopic (exact) mass is 338 g/mol. The van der Waals surface area contributed by atoms with Gasteiger partial charge < -0.3 is 10.5 Å². The molecule has 0 amide bonds. The second-order valence-electron chi connectivity index (χ2n) is 3.95. The Kier molecular flexibility index (Phi) is 4.45. The lowest BCUT2D eigenvalue weighted by atomic mass is 10.2. The molecule has 0 saturated heterocycles. The van der Waals surface area contributed by atoms with E-state index in [0.29, 0.717) is 22.9 Å². The smallest absolute Gasteiger partial charge is 0.132 e. The Morgan fingerprint density at radius 3 is 2.68 bits per heavy atom. The van der Waals surface area contributed by atoms with E-state index in [1.54, 1.807) is 18.2 Å². The van der Waals surface area contributed by atoms with E-state index in [2.05, 4.69) is 15.9 Å². The second-order valence-corrected chi connectivity index (χ2v) is 5.27. The summed E-state index contributed by atoms with van der Waals surface area (Å²) in [6, 6.07) is 13.0. The Hall–Kier alpha value is -1.52. The van der Waals surface area contributed by atoms with Crippen LogP contribution in [0, 0.1) is 5.41 Å². The number of hydrogen-bond donors (Lipinski definition) is 2. The van der Waals surface area contributed by atoms with Crippen molar-refractivity contribution in [2.75, 3.05) is 0 Å². The first-order valence-corrected chi connectivity index (χ1v) is 6.75. The number of ether oxygens (including phenoxy) is 1. The molecule has 3 nitrogen and oxygen atoms in total. The van der Waals surface area contributed by atoms with Gasteiger partial charge >= 0.3 is 0 Å². The van der Waals surface area contributed by atoms with E-state index in [-0.39, 0.29) is 5.84 Å². The van der Waals surface area contributed by atoms with Gasteiger partial charge in [-0.15, -0.1) is 0 Å². The SMILES string of the molecule is N=C(N)c1c(Cl)cccc1OCc1cccc(Br)c1. The van der Waals surface area contributed by atoms with E-state index in [9.17, 15) is 0 Å². The number of hydrogen-bond acceptors (Lipinski definition) is 2. The standard InChI is InChI=1S/C14H12BrClN2O/c15-10-4-1-3-9(7-10)8-19-12-6-2-5-11(16)13(12)14(17)18/h1-7H,8H2,(H3,17,18). The largest absolute Gasteiger partial charge is 0.488 e. The third kappa shape index (κ3) is 3.49. The zero-order valence-corrected chi connectivity index (χ0v) is 12.3. The summed E-state index contributed by atoms with van der Waals surface area (Å²) in [7, 11) is 0. The highest BCUT2D eigenvalue weighted by molar-refractivity contribution is 9.10. The van der Waals surface area contributed by atoms with E-state index in [1.165, 1.54) is 0 Å². The minimum absolute atomic E-state index is 0.102. The molecule has 2 aromatic rings. The number of nitrogen functional groups attached to an aromatic ring is 1.